The molecule has 2 N–H and O–H groups in total. The Morgan fingerprint density at radius 2 is 2.29 bits per heavy atom. The summed E-state index contributed by atoms with van der Waals surface area (Å²) in [5, 5.41) is 6.21. The fourth-order valence-corrected chi connectivity index (χ4v) is 1.60. The molecule has 5 heteroatoms. The van der Waals surface area contributed by atoms with Gasteiger partial charge in [0.25, 0.3) is 0 Å². The smallest absolute Gasteiger partial charge is 0.223 e. The van der Waals surface area contributed by atoms with Gasteiger partial charge in [0.05, 0.1) is 5.69 Å². The van der Waals surface area contributed by atoms with Gasteiger partial charge in [0.15, 0.2) is 0 Å². The SMILES string of the molecule is CC(NCCNC(=O)C1CC1)c1cnccn1. The first kappa shape index (κ1) is 12.0. The van der Waals surface area contributed by atoms with Crippen LogP contribution in [0.25, 0.3) is 0 Å². The minimum absolute atomic E-state index is 0.154. The zero-order chi connectivity index (χ0) is 12.1. The van der Waals surface area contributed by atoms with Crippen LogP contribution < -0.4 is 10.6 Å². The summed E-state index contributed by atoms with van der Waals surface area (Å²) in [5.74, 6) is 0.478. The van der Waals surface area contributed by atoms with Gasteiger partial charge < -0.3 is 10.6 Å². The predicted octanol–water partition coefficient (Wildman–Crippen LogP) is 0.653. The molecule has 1 aliphatic carbocycles. The monoisotopic (exact) mass is 234 g/mol. The summed E-state index contributed by atoms with van der Waals surface area (Å²) in [5.41, 5.74) is 0.918. The molecule has 0 saturated heterocycles. The number of nitrogens with one attached hydrogen (secondary N) is 2. The molecule has 17 heavy (non-hydrogen) atoms. The van der Waals surface area contributed by atoms with Crippen LogP contribution in [0.2, 0.25) is 0 Å². The molecule has 0 bridgehead atoms. The second-order valence-electron chi connectivity index (χ2n) is 4.37. The lowest BCUT2D eigenvalue weighted by molar-refractivity contribution is -0.122. The number of hydrogen-bond donors (Lipinski definition) is 2. The maximum absolute atomic E-state index is 11.4. The van der Waals surface area contributed by atoms with Crippen molar-refractivity contribution in [3.05, 3.63) is 24.3 Å². The van der Waals surface area contributed by atoms with Gasteiger partial charge in [-0.3, -0.25) is 14.8 Å². The minimum Gasteiger partial charge on any atom is -0.355 e. The average molecular weight is 234 g/mol. The number of carbonyl (C=O) groups is 1. The van der Waals surface area contributed by atoms with E-state index < -0.39 is 0 Å². The fourth-order valence-electron chi connectivity index (χ4n) is 1.60. The van der Waals surface area contributed by atoms with E-state index in [1.807, 2.05) is 6.92 Å². The van der Waals surface area contributed by atoms with Crippen LogP contribution in [0.4, 0.5) is 0 Å². The molecule has 0 aliphatic heterocycles. The van der Waals surface area contributed by atoms with Crippen molar-refractivity contribution in [1.29, 1.82) is 0 Å². The third kappa shape index (κ3) is 3.78. The summed E-state index contributed by atoms with van der Waals surface area (Å²) >= 11 is 0. The highest BCUT2D eigenvalue weighted by molar-refractivity contribution is 5.80. The maximum atomic E-state index is 11.4. The number of aromatic nitrogens is 2. The fraction of sp³-hybridized carbons (Fsp3) is 0.583. The van der Waals surface area contributed by atoms with Crippen LogP contribution >= 0.6 is 0 Å². The topological polar surface area (TPSA) is 66.9 Å². The van der Waals surface area contributed by atoms with Crippen LogP contribution in [0.5, 0.6) is 0 Å². The quantitative estimate of drug-likeness (QED) is 0.709. The van der Waals surface area contributed by atoms with Gasteiger partial charge in [0, 0.05) is 43.6 Å². The van der Waals surface area contributed by atoms with Gasteiger partial charge in [-0.15, -0.1) is 0 Å². The predicted molar refractivity (Wildman–Crippen MR) is 64.2 cm³/mol. The summed E-state index contributed by atoms with van der Waals surface area (Å²) in [6.45, 7) is 3.45. The Labute approximate surface area is 101 Å². The molecule has 1 fully saturated rings. The van der Waals surface area contributed by atoms with Crippen molar-refractivity contribution in [3.63, 3.8) is 0 Å². The van der Waals surface area contributed by atoms with Crippen molar-refractivity contribution in [3.8, 4) is 0 Å². The van der Waals surface area contributed by atoms with E-state index in [1.165, 1.54) is 0 Å². The average Bonchev–Trinajstić information content (AvgIpc) is 3.19. The van der Waals surface area contributed by atoms with E-state index in [1.54, 1.807) is 18.6 Å². The Hall–Kier alpha value is -1.49. The van der Waals surface area contributed by atoms with Crippen molar-refractivity contribution in [1.82, 2.24) is 20.6 Å². The molecular weight excluding hydrogens is 216 g/mol. The largest absolute Gasteiger partial charge is 0.355 e. The maximum Gasteiger partial charge on any atom is 0.223 e. The van der Waals surface area contributed by atoms with Gasteiger partial charge in [-0.05, 0) is 19.8 Å². The highest BCUT2D eigenvalue weighted by Crippen LogP contribution is 2.28. The van der Waals surface area contributed by atoms with Crippen LogP contribution in [-0.2, 0) is 4.79 Å². The molecule has 1 atom stereocenters. The Kier molecular flexibility index (Phi) is 4.03. The van der Waals surface area contributed by atoms with Gasteiger partial charge in [0.2, 0.25) is 5.91 Å². The molecule has 1 unspecified atom stereocenters. The van der Waals surface area contributed by atoms with Gasteiger partial charge >= 0.3 is 0 Å². The standard InChI is InChI=1S/C12H18N4O/c1-9(11-8-13-4-5-15-11)14-6-7-16-12(17)10-2-3-10/h4-5,8-10,14H,2-3,6-7H2,1H3,(H,16,17). The van der Waals surface area contributed by atoms with Gasteiger partial charge in [-0.2, -0.15) is 0 Å². The van der Waals surface area contributed by atoms with Crippen molar-refractivity contribution < 1.29 is 4.79 Å². The van der Waals surface area contributed by atoms with Gasteiger partial charge in [0.1, 0.15) is 0 Å². The molecule has 1 saturated carbocycles. The Bertz CT molecular complexity index is 364. The van der Waals surface area contributed by atoms with Crippen LogP contribution in [-0.4, -0.2) is 29.0 Å². The molecule has 1 heterocycles. The molecule has 1 aromatic heterocycles. The second kappa shape index (κ2) is 5.72. The molecule has 0 aromatic carbocycles. The Balaban J connectivity index is 1.63. The summed E-state index contributed by atoms with van der Waals surface area (Å²) in [7, 11) is 0. The zero-order valence-electron chi connectivity index (χ0n) is 10.0. The van der Waals surface area contributed by atoms with E-state index in [2.05, 4.69) is 20.6 Å². The lowest BCUT2D eigenvalue weighted by Crippen LogP contribution is -2.33. The highest BCUT2D eigenvalue weighted by atomic mass is 16.2. The van der Waals surface area contributed by atoms with E-state index >= 15 is 0 Å². The first-order valence-electron chi connectivity index (χ1n) is 6.04. The van der Waals surface area contributed by atoms with Crippen molar-refractivity contribution in [2.45, 2.75) is 25.8 Å². The molecule has 0 spiro atoms. The van der Waals surface area contributed by atoms with Crippen molar-refractivity contribution >= 4 is 5.91 Å². The third-order valence-corrected chi connectivity index (χ3v) is 2.85. The molecular formula is C12H18N4O. The highest BCUT2D eigenvalue weighted by Gasteiger charge is 2.28. The van der Waals surface area contributed by atoms with Gasteiger partial charge in [-0.25, -0.2) is 0 Å². The molecule has 0 radical (unpaired) electrons. The molecule has 92 valence electrons. The zero-order valence-corrected chi connectivity index (χ0v) is 10.0. The summed E-state index contributed by atoms with van der Waals surface area (Å²) in [4.78, 5) is 19.6. The molecule has 1 amide bonds. The van der Waals surface area contributed by atoms with Crippen LogP contribution in [0.3, 0.4) is 0 Å². The van der Waals surface area contributed by atoms with Gasteiger partial charge in [-0.1, -0.05) is 0 Å². The number of carbonyl (C=O) groups excluding carboxylic acids is 1. The lowest BCUT2D eigenvalue weighted by Gasteiger charge is -2.12. The second-order valence-corrected chi connectivity index (χ2v) is 4.37. The lowest BCUT2D eigenvalue weighted by atomic mass is 10.2. The van der Waals surface area contributed by atoms with Crippen LogP contribution in [0.15, 0.2) is 18.6 Å². The van der Waals surface area contributed by atoms with E-state index in [9.17, 15) is 4.79 Å². The first-order valence-corrected chi connectivity index (χ1v) is 6.04. The summed E-state index contributed by atoms with van der Waals surface area (Å²) in [6, 6.07) is 0.154. The molecule has 5 nitrogen and oxygen atoms in total. The van der Waals surface area contributed by atoms with E-state index in [0.29, 0.717) is 6.54 Å². The normalized spacial score (nSPS) is 16.5. The molecule has 1 aliphatic rings. The number of hydrogen-bond acceptors (Lipinski definition) is 4. The van der Waals surface area contributed by atoms with Crippen molar-refractivity contribution in [2.75, 3.05) is 13.1 Å². The minimum atomic E-state index is 0.154. The molecule has 2 rings (SSSR count). The van der Waals surface area contributed by atoms with E-state index in [-0.39, 0.29) is 17.9 Å². The molecule has 1 aromatic rings. The van der Waals surface area contributed by atoms with E-state index in [4.69, 9.17) is 0 Å². The van der Waals surface area contributed by atoms with Crippen LogP contribution in [0.1, 0.15) is 31.5 Å². The third-order valence-electron chi connectivity index (χ3n) is 2.85. The Morgan fingerprint density at radius 1 is 1.47 bits per heavy atom. The van der Waals surface area contributed by atoms with E-state index in [0.717, 1.165) is 25.1 Å². The Morgan fingerprint density at radius 3 is 2.94 bits per heavy atom. The first-order chi connectivity index (χ1) is 8.27. The summed E-state index contributed by atoms with van der Waals surface area (Å²) < 4.78 is 0. The number of nitrogens with zero attached hydrogens (tertiary/aromatic N) is 2. The van der Waals surface area contributed by atoms with Crippen LogP contribution in [0, 0.1) is 5.92 Å². The van der Waals surface area contributed by atoms with Crippen molar-refractivity contribution in [2.24, 2.45) is 5.92 Å². The number of amides is 1. The summed E-state index contributed by atoms with van der Waals surface area (Å²) in [6.07, 6.45) is 7.19. The number of rotatable bonds is 6.